The largest absolute Gasteiger partial charge is 0.600 e. The molecule has 1 rings (SSSR count). The van der Waals surface area contributed by atoms with E-state index in [2.05, 4.69) is 0 Å². The van der Waals surface area contributed by atoms with Crippen molar-refractivity contribution in [1.29, 1.82) is 5.26 Å². The molecule has 0 heterocycles. The molecule has 0 aromatic rings. The van der Waals surface area contributed by atoms with Gasteiger partial charge in [0.25, 0.3) is 0 Å². The van der Waals surface area contributed by atoms with E-state index in [1.165, 1.54) is 0 Å². The van der Waals surface area contributed by atoms with Crippen LogP contribution in [-0.4, -0.2) is 10.7 Å². The van der Waals surface area contributed by atoms with E-state index in [1.807, 2.05) is 6.07 Å². The summed E-state index contributed by atoms with van der Waals surface area (Å²) in [4.78, 5) is 0. The second-order valence-corrected chi connectivity index (χ2v) is 3.80. The zero-order valence-corrected chi connectivity index (χ0v) is 7.75. The maximum atomic E-state index is 11.1. The van der Waals surface area contributed by atoms with Gasteiger partial charge in [0, 0.05) is 25.7 Å². The zero-order chi connectivity index (χ0) is 9.73. The van der Waals surface area contributed by atoms with E-state index in [1.54, 1.807) is 0 Å². The van der Waals surface area contributed by atoms with Crippen molar-refractivity contribution in [3.05, 3.63) is 5.21 Å². The Balaban J connectivity index is 2.57. The van der Waals surface area contributed by atoms with Crippen LogP contribution in [0.1, 0.15) is 44.9 Å². The van der Waals surface area contributed by atoms with Crippen LogP contribution in [0.2, 0.25) is 0 Å². The highest BCUT2D eigenvalue weighted by Crippen LogP contribution is 2.29. The van der Waals surface area contributed by atoms with E-state index in [4.69, 9.17) is 10.5 Å². The first-order chi connectivity index (χ1) is 6.21. The van der Waals surface area contributed by atoms with Gasteiger partial charge in [-0.1, -0.05) is 6.42 Å². The van der Waals surface area contributed by atoms with Crippen LogP contribution in [-0.2, 0) is 0 Å². The van der Waals surface area contributed by atoms with Gasteiger partial charge >= 0.3 is 0 Å². The first-order valence-corrected chi connectivity index (χ1v) is 4.82. The van der Waals surface area contributed by atoms with Crippen LogP contribution in [0.25, 0.3) is 0 Å². The van der Waals surface area contributed by atoms with E-state index >= 15 is 0 Å². The number of rotatable bonds is 3. The average Bonchev–Trinajstić information content (AvgIpc) is 2.16. The number of nitriles is 1. The molecule has 1 unspecified atom stereocenters. The molecule has 4 nitrogen and oxygen atoms in total. The lowest BCUT2D eigenvalue weighted by Crippen LogP contribution is -3.14. The molecule has 4 heteroatoms. The summed E-state index contributed by atoms with van der Waals surface area (Å²) in [5.74, 6) is 0. The molecule has 0 aromatic carbocycles. The van der Waals surface area contributed by atoms with Crippen molar-refractivity contribution in [3.8, 4) is 6.07 Å². The first kappa shape index (κ1) is 10.5. The SMILES string of the molecule is N#CCCC1([NH+]([O-])O)CCCCC1. The van der Waals surface area contributed by atoms with Crippen LogP contribution in [0.5, 0.6) is 0 Å². The smallest absolute Gasteiger partial charge is 0.128 e. The Morgan fingerprint density at radius 2 is 2.00 bits per heavy atom. The molecule has 0 saturated heterocycles. The summed E-state index contributed by atoms with van der Waals surface area (Å²) in [7, 11) is 0. The van der Waals surface area contributed by atoms with Crippen molar-refractivity contribution in [1.82, 2.24) is 0 Å². The lowest BCUT2D eigenvalue weighted by atomic mass is 9.79. The highest BCUT2D eigenvalue weighted by Gasteiger charge is 2.37. The van der Waals surface area contributed by atoms with Gasteiger partial charge in [0.1, 0.15) is 5.54 Å². The molecule has 1 aliphatic rings. The summed E-state index contributed by atoms with van der Waals surface area (Å²) in [6.45, 7) is 0. The molecule has 0 aliphatic heterocycles. The van der Waals surface area contributed by atoms with Gasteiger partial charge < -0.3 is 5.21 Å². The summed E-state index contributed by atoms with van der Waals surface area (Å²) in [5.41, 5.74) is -0.575. The minimum Gasteiger partial charge on any atom is -0.600 e. The van der Waals surface area contributed by atoms with Gasteiger partial charge in [-0.05, 0) is 12.8 Å². The van der Waals surface area contributed by atoms with Crippen LogP contribution < -0.4 is 5.23 Å². The summed E-state index contributed by atoms with van der Waals surface area (Å²) < 4.78 is 0. The Morgan fingerprint density at radius 1 is 1.38 bits per heavy atom. The van der Waals surface area contributed by atoms with Gasteiger partial charge in [-0.2, -0.15) is 5.26 Å². The molecule has 0 radical (unpaired) electrons. The first-order valence-electron chi connectivity index (χ1n) is 4.82. The predicted octanol–water partition coefficient (Wildman–Crippen LogP) is 0.765. The second-order valence-electron chi connectivity index (χ2n) is 3.80. The average molecular weight is 184 g/mol. The lowest BCUT2D eigenvalue weighted by Gasteiger charge is -2.40. The van der Waals surface area contributed by atoms with Crippen molar-refractivity contribution in [2.24, 2.45) is 0 Å². The maximum absolute atomic E-state index is 11.1. The Labute approximate surface area is 78.3 Å². The molecular formula is C9H16N2O2. The summed E-state index contributed by atoms with van der Waals surface area (Å²) in [5, 5.41) is 27.9. The Bertz CT molecular complexity index is 192. The lowest BCUT2D eigenvalue weighted by molar-refractivity contribution is -1.09. The van der Waals surface area contributed by atoms with Crippen LogP contribution in [0.4, 0.5) is 0 Å². The number of hydroxylamine groups is 2. The standard InChI is InChI=1S/C9H16N2O2/c10-8-4-7-9(11(12)13)5-2-1-3-6-9/h11-12H,1-7H2. The molecule has 2 N–H and O–H groups in total. The number of hydrogen-bond donors (Lipinski definition) is 2. The highest BCUT2D eigenvalue weighted by atomic mass is 16.8. The molecule has 1 saturated carbocycles. The molecule has 0 aromatic heterocycles. The Morgan fingerprint density at radius 3 is 2.46 bits per heavy atom. The number of hydrogen-bond acceptors (Lipinski definition) is 3. The topological polar surface area (TPSA) is 71.5 Å². The van der Waals surface area contributed by atoms with Gasteiger partial charge in [0.05, 0.1) is 6.07 Å². The molecular weight excluding hydrogens is 168 g/mol. The number of quaternary nitrogens is 1. The third-order valence-corrected chi connectivity index (χ3v) is 2.98. The van der Waals surface area contributed by atoms with Gasteiger partial charge in [-0.3, -0.25) is 0 Å². The molecule has 13 heavy (non-hydrogen) atoms. The fourth-order valence-corrected chi connectivity index (χ4v) is 2.09. The van der Waals surface area contributed by atoms with Crippen molar-refractivity contribution in [3.63, 3.8) is 0 Å². The molecule has 74 valence electrons. The third-order valence-electron chi connectivity index (χ3n) is 2.98. The molecule has 0 spiro atoms. The molecule has 0 bridgehead atoms. The highest BCUT2D eigenvalue weighted by molar-refractivity contribution is 4.86. The molecule has 1 atom stereocenters. The van der Waals surface area contributed by atoms with Crippen molar-refractivity contribution in [2.45, 2.75) is 50.5 Å². The summed E-state index contributed by atoms with van der Waals surface area (Å²) >= 11 is 0. The van der Waals surface area contributed by atoms with E-state index in [-0.39, 0.29) is 0 Å². The van der Waals surface area contributed by atoms with Gasteiger partial charge in [-0.25, -0.2) is 10.4 Å². The molecule has 1 aliphatic carbocycles. The van der Waals surface area contributed by atoms with E-state index in [9.17, 15) is 5.21 Å². The van der Waals surface area contributed by atoms with Gasteiger partial charge in [0.15, 0.2) is 0 Å². The normalized spacial score (nSPS) is 23.5. The second kappa shape index (κ2) is 4.56. The van der Waals surface area contributed by atoms with Crippen molar-refractivity contribution < 1.29 is 10.4 Å². The number of nitrogens with zero attached hydrogens (tertiary/aromatic N) is 1. The fourth-order valence-electron chi connectivity index (χ4n) is 2.09. The third kappa shape index (κ3) is 2.41. The minimum absolute atomic E-state index is 0.367. The van der Waals surface area contributed by atoms with Crippen LogP contribution >= 0.6 is 0 Å². The molecule has 0 amide bonds. The number of nitrogens with one attached hydrogen (secondary N) is 1. The van der Waals surface area contributed by atoms with Gasteiger partial charge in [0.2, 0.25) is 0 Å². The van der Waals surface area contributed by atoms with E-state index in [0.717, 1.165) is 32.1 Å². The van der Waals surface area contributed by atoms with Crippen molar-refractivity contribution >= 4 is 0 Å². The fraction of sp³-hybridized carbons (Fsp3) is 0.889. The van der Waals surface area contributed by atoms with Crippen LogP contribution in [0.3, 0.4) is 0 Å². The van der Waals surface area contributed by atoms with E-state index < -0.39 is 10.8 Å². The van der Waals surface area contributed by atoms with Crippen LogP contribution in [0.15, 0.2) is 0 Å². The van der Waals surface area contributed by atoms with Crippen LogP contribution in [0, 0.1) is 16.5 Å². The Hall–Kier alpha value is -0.630. The van der Waals surface area contributed by atoms with Crippen molar-refractivity contribution in [2.75, 3.05) is 0 Å². The minimum atomic E-state index is -0.706. The zero-order valence-electron chi connectivity index (χ0n) is 7.75. The molecule has 1 fully saturated rings. The maximum Gasteiger partial charge on any atom is 0.128 e. The summed E-state index contributed by atoms with van der Waals surface area (Å²) in [6, 6.07) is 2.03. The predicted molar refractivity (Wildman–Crippen MR) is 46.8 cm³/mol. The Kier molecular flexibility index (Phi) is 3.67. The van der Waals surface area contributed by atoms with Gasteiger partial charge in [-0.15, -0.1) is 0 Å². The quantitative estimate of drug-likeness (QED) is 0.636. The monoisotopic (exact) mass is 184 g/mol. The summed E-state index contributed by atoms with van der Waals surface area (Å²) in [6.07, 6.45) is 5.54. The van der Waals surface area contributed by atoms with E-state index in [0.29, 0.717) is 12.8 Å².